The molecule has 0 unspecified atom stereocenters. The molecule has 0 aromatic heterocycles. The molecule has 0 heterocycles. The molecule has 0 atom stereocenters. The zero-order valence-corrected chi connectivity index (χ0v) is 12.6. The number of hydrogen-bond donors (Lipinski definition) is 0. The molecular weight excluding hydrogens is 272 g/mol. The average molecular weight is 292 g/mol. The summed E-state index contributed by atoms with van der Waals surface area (Å²) in [4.78, 5) is 23.9. The summed E-state index contributed by atoms with van der Waals surface area (Å²) in [7, 11) is 0. The number of ketones is 2. The number of benzene rings is 2. The molecule has 0 radical (unpaired) electrons. The highest BCUT2D eigenvalue weighted by molar-refractivity contribution is 5.99. The molecule has 0 spiro atoms. The lowest BCUT2D eigenvalue weighted by Gasteiger charge is -2.04. The van der Waals surface area contributed by atoms with Crippen LogP contribution in [0.4, 0.5) is 0 Å². The molecule has 22 heavy (non-hydrogen) atoms. The fourth-order valence-electron chi connectivity index (χ4n) is 2.64. The molecule has 1 aliphatic carbocycles. The van der Waals surface area contributed by atoms with Crippen LogP contribution in [0.3, 0.4) is 0 Å². The molecule has 1 aliphatic rings. The lowest BCUT2D eigenvalue weighted by atomic mass is 10.0. The van der Waals surface area contributed by atoms with E-state index < -0.39 is 0 Å². The van der Waals surface area contributed by atoms with Crippen LogP contribution in [0.5, 0.6) is 0 Å². The van der Waals surface area contributed by atoms with E-state index in [2.05, 4.69) is 0 Å². The number of carbonyl (C=O) groups is 2. The summed E-state index contributed by atoms with van der Waals surface area (Å²) in [5, 5.41) is 0. The lowest BCUT2D eigenvalue weighted by molar-refractivity contribution is 0.0964. The van der Waals surface area contributed by atoms with Gasteiger partial charge in [-0.05, 0) is 31.2 Å². The van der Waals surface area contributed by atoms with Gasteiger partial charge in [0.05, 0.1) is 0 Å². The summed E-state index contributed by atoms with van der Waals surface area (Å²) >= 11 is 0. The van der Waals surface area contributed by atoms with E-state index in [1.807, 2.05) is 54.6 Å². The van der Waals surface area contributed by atoms with Gasteiger partial charge in [0.15, 0.2) is 11.6 Å². The topological polar surface area (TPSA) is 34.1 Å². The van der Waals surface area contributed by atoms with Gasteiger partial charge in [-0.2, -0.15) is 0 Å². The van der Waals surface area contributed by atoms with E-state index in [1.54, 1.807) is 0 Å². The Bertz CT molecular complexity index is 652. The van der Waals surface area contributed by atoms with Gasteiger partial charge < -0.3 is 0 Å². The van der Waals surface area contributed by atoms with E-state index in [0.29, 0.717) is 6.42 Å². The van der Waals surface area contributed by atoms with Gasteiger partial charge in [0.2, 0.25) is 0 Å². The molecule has 2 aromatic rings. The Hall–Kier alpha value is -2.22. The van der Waals surface area contributed by atoms with Gasteiger partial charge in [-0.25, -0.2) is 0 Å². The normalized spacial score (nSPS) is 13.8. The van der Waals surface area contributed by atoms with E-state index in [0.717, 1.165) is 36.8 Å². The average Bonchev–Trinajstić information content (AvgIpc) is 3.40. The molecule has 3 rings (SSSR count). The summed E-state index contributed by atoms with van der Waals surface area (Å²) < 4.78 is 0. The highest BCUT2D eigenvalue weighted by atomic mass is 16.1. The zero-order chi connectivity index (χ0) is 15.4. The summed E-state index contributed by atoms with van der Waals surface area (Å²) in [6.45, 7) is 0. The van der Waals surface area contributed by atoms with Gasteiger partial charge in [0.1, 0.15) is 0 Å². The summed E-state index contributed by atoms with van der Waals surface area (Å²) in [6, 6.07) is 17.3. The fourth-order valence-corrected chi connectivity index (χ4v) is 2.64. The van der Waals surface area contributed by atoms with E-state index in [-0.39, 0.29) is 17.5 Å². The standard InChI is InChI=1S/C20H20O2/c21-19(16-6-2-1-3-7-16)8-4-5-15-9-11-17(12-10-15)20(22)18-13-14-18/h1-3,6-7,9-12,18H,4-5,8,13-14H2. The first-order chi connectivity index (χ1) is 10.7. The van der Waals surface area contributed by atoms with Crippen molar-refractivity contribution in [1.82, 2.24) is 0 Å². The first-order valence-corrected chi connectivity index (χ1v) is 7.95. The molecule has 2 aromatic carbocycles. The molecule has 1 fully saturated rings. The lowest BCUT2D eigenvalue weighted by Crippen LogP contribution is -2.02. The van der Waals surface area contributed by atoms with Crippen LogP contribution in [-0.4, -0.2) is 11.6 Å². The van der Waals surface area contributed by atoms with Crippen LogP contribution in [0.25, 0.3) is 0 Å². The van der Waals surface area contributed by atoms with Gasteiger partial charge in [-0.3, -0.25) is 9.59 Å². The van der Waals surface area contributed by atoms with Crippen molar-refractivity contribution < 1.29 is 9.59 Å². The molecule has 112 valence electrons. The van der Waals surface area contributed by atoms with Crippen molar-refractivity contribution in [3.8, 4) is 0 Å². The van der Waals surface area contributed by atoms with Gasteiger partial charge in [-0.1, -0.05) is 54.6 Å². The Morgan fingerprint density at radius 3 is 2.18 bits per heavy atom. The Morgan fingerprint density at radius 1 is 0.864 bits per heavy atom. The Labute approximate surface area is 131 Å². The van der Waals surface area contributed by atoms with E-state index in [9.17, 15) is 9.59 Å². The van der Waals surface area contributed by atoms with E-state index >= 15 is 0 Å². The maximum Gasteiger partial charge on any atom is 0.165 e. The number of Topliss-reactive ketones (excluding diaryl/α,β-unsaturated/α-hetero) is 2. The third-order valence-electron chi connectivity index (χ3n) is 4.15. The number of aryl methyl sites for hydroxylation is 1. The second-order valence-electron chi connectivity index (χ2n) is 5.98. The minimum atomic E-state index is 0.195. The molecule has 2 heteroatoms. The number of hydrogen-bond acceptors (Lipinski definition) is 2. The third kappa shape index (κ3) is 3.70. The highest BCUT2D eigenvalue weighted by Gasteiger charge is 2.30. The second-order valence-corrected chi connectivity index (χ2v) is 5.98. The molecular formula is C20H20O2. The van der Waals surface area contributed by atoms with Crippen molar-refractivity contribution in [2.75, 3.05) is 0 Å². The van der Waals surface area contributed by atoms with Crippen molar-refractivity contribution in [1.29, 1.82) is 0 Å². The first-order valence-electron chi connectivity index (χ1n) is 7.95. The smallest absolute Gasteiger partial charge is 0.165 e. The van der Waals surface area contributed by atoms with Crippen LogP contribution in [-0.2, 0) is 6.42 Å². The van der Waals surface area contributed by atoms with Crippen LogP contribution >= 0.6 is 0 Å². The molecule has 0 saturated heterocycles. The van der Waals surface area contributed by atoms with Crippen molar-refractivity contribution in [2.45, 2.75) is 32.1 Å². The Morgan fingerprint density at radius 2 is 1.55 bits per heavy atom. The summed E-state index contributed by atoms with van der Waals surface area (Å²) in [6.07, 6.45) is 4.36. The first kappa shape index (κ1) is 14.7. The zero-order valence-electron chi connectivity index (χ0n) is 12.6. The molecule has 1 saturated carbocycles. The number of rotatable bonds is 7. The van der Waals surface area contributed by atoms with Gasteiger partial charge in [-0.15, -0.1) is 0 Å². The minimum Gasteiger partial charge on any atom is -0.294 e. The minimum absolute atomic E-state index is 0.195. The number of carbonyl (C=O) groups excluding carboxylic acids is 2. The van der Waals surface area contributed by atoms with Gasteiger partial charge >= 0.3 is 0 Å². The van der Waals surface area contributed by atoms with Crippen molar-refractivity contribution in [3.05, 3.63) is 71.3 Å². The predicted octanol–water partition coefficient (Wildman–Crippen LogP) is 4.48. The molecule has 0 amide bonds. The van der Waals surface area contributed by atoms with Crippen LogP contribution in [0.1, 0.15) is 52.0 Å². The summed E-state index contributed by atoms with van der Waals surface area (Å²) in [5.41, 5.74) is 2.80. The Balaban J connectivity index is 1.49. The highest BCUT2D eigenvalue weighted by Crippen LogP contribution is 2.32. The van der Waals surface area contributed by atoms with Gasteiger partial charge in [0.25, 0.3) is 0 Å². The van der Waals surface area contributed by atoms with Gasteiger partial charge in [0, 0.05) is 23.5 Å². The van der Waals surface area contributed by atoms with Crippen LogP contribution in [0, 0.1) is 5.92 Å². The maximum atomic E-state index is 12.0. The molecule has 0 N–H and O–H groups in total. The van der Waals surface area contributed by atoms with Crippen LogP contribution < -0.4 is 0 Å². The predicted molar refractivity (Wildman–Crippen MR) is 87.2 cm³/mol. The molecule has 0 bridgehead atoms. The Kier molecular flexibility index (Phi) is 4.47. The van der Waals surface area contributed by atoms with Crippen molar-refractivity contribution >= 4 is 11.6 Å². The quantitative estimate of drug-likeness (QED) is 0.705. The second kappa shape index (κ2) is 6.69. The SMILES string of the molecule is O=C(CCCc1ccc(C(=O)C2CC2)cc1)c1ccccc1. The van der Waals surface area contributed by atoms with E-state index in [1.165, 1.54) is 5.56 Å². The third-order valence-corrected chi connectivity index (χ3v) is 4.15. The van der Waals surface area contributed by atoms with E-state index in [4.69, 9.17) is 0 Å². The monoisotopic (exact) mass is 292 g/mol. The largest absolute Gasteiger partial charge is 0.294 e. The van der Waals surface area contributed by atoms with Crippen LogP contribution in [0.15, 0.2) is 54.6 Å². The van der Waals surface area contributed by atoms with Crippen molar-refractivity contribution in [3.63, 3.8) is 0 Å². The molecule has 0 aliphatic heterocycles. The summed E-state index contributed by atoms with van der Waals surface area (Å²) in [5.74, 6) is 0.751. The maximum absolute atomic E-state index is 12.0. The van der Waals surface area contributed by atoms with Crippen LogP contribution in [0.2, 0.25) is 0 Å². The molecule has 2 nitrogen and oxygen atoms in total. The fraction of sp³-hybridized carbons (Fsp3) is 0.300. The van der Waals surface area contributed by atoms with Crippen molar-refractivity contribution in [2.24, 2.45) is 5.92 Å².